The van der Waals surface area contributed by atoms with E-state index >= 15 is 0 Å². The number of amides is 1. The number of carbonyl (C=O) groups excluding carboxylic acids is 1. The van der Waals surface area contributed by atoms with Crippen molar-refractivity contribution in [3.8, 4) is 5.75 Å². The molecule has 3 aromatic rings. The first-order valence-corrected chi connectivity index (χ1v) is 11.1. The second kappa shape index (κ2) is 9.73. The van der Waals surface area contributed by atoms with Crippen molar-refractivity contribution in [3.05, 3.63) is 83.2 Å². The van der Waals surface area contributed by atoms with Crippen LogP contribution in [0.3, 0.4) is 0 Å². The van der Waals surface area contributed by atoms with Gasteiger partial charge in [0.05, 0.1) is 18.4 Å². The Morgan fingerprint density at radius 3 is 2.62 bits per heavy atom. The highest BCUT2D eigenvalue weighted by Gasteiger charge is 2.26. The van der Waals surface area contributed by atoms with Crippen molar-refractivity contribution in [3.63, 3.8) is 0 Å². The maximum Gasteiger partial charge on any atom is 0.263 e. The summed E-state index contributed by atoms with van der Waals surface area (Å²) in [6.45, 7) is 3.53. The second-order valence-electron chi connectivity index (χ2n) is 6.79. The summed E-state index contributed by atoms with van der Waals surface area (Å²) in [7, 11) is -4.20. The van der Waals surface area contributed by atoms with Gasteiger partial charge in [0, 0.05) is 18.8 Å². The van der Waals surface area contributed by atoms with Gasteiger partial charge in [0.25, 0.3) is 15.9 Å². The number of aryl methyl sites for hydroxylation is 1. The maximum atomic E-state index is 13.4. The van der Waals surface area contributed by atoms with Crippen molar-refractivity contribution < 1.29 is 26.7 Å². The van der Waals surface area contributed by atoms with E-state index in [9.17, 15) is 22.0 Å². The number of carbonyl (C=O) groups is 1. The molecule has 1 amide bonds. The number of benzene rings is 2. The van der Waals surface area contributed by atoms with Crippen molar-refractivity contribution in [2.75, 3.05) is 11.3 Å². The number of hydrogen-bond donors (Lipinski definition) is 2. The average Bonchev–Trinajstić information content (AvgIpc) is 2.75. The van der Waals surface area contributed by atoms with Gasteiger partial charge < -0.3 is 10.1 Å². The molecule has 0 aliphatic heterocycles. The largest absolute Gasteiger partial charge is 0.492 e. The van der Waals surface area contributed by atoms with Crippen molar-refractivity contribution >= 4 is 21.6 Å². The molecule has 0 unspecified atom stereocenters. The van der Waals surface area contributed by atoms with Gasteiger partial charge in [-0.25, -0.2) is 17.2 Å². The Balaban J connectivity index is 1.89. The molecule has 0 atom stereocenters. The monoisotopic (exact) mass is 461 g/mol. The van der Waals surface area contributed by atoms with E-state index in [1.54, 1.807) is 26.0 Å². The smallest absolute Gasteiger partial charge is 0.263 e. The van der Waals surface area contributed by atoms with E-state index in [1.807, 2.05) is 0 Å². The molecule has 7 nitrogen and oxygen atoms in total. The molecule has 0 radical (unpaired) electrons. The summed E-state index contributed by atoms with van der Waals surface area (Å²) in [5.74, 6) is -2.43. The van der Waals surface area contributed by atoms with Crippen LogP contribution in [0, 0.1) is 18.6 Å². The number of halogens is 2. The molecule has 0 fully saturated rings. The Morgan fingerprint density at radius 1 is 1.12 bits per heavy atom. The van der Waals surface area contributed by atoms with Gasteiger partial charge in [0.2, 0.25) is 0 Å². The number of hydrogen-bond acceptors (Lipinski definition) is 5. The summed E-state index contributed by atoms with van der Waals surface area (Å²) in [6.07, 6.45) is 2.78. The van der Waals surface area contributed by atoms with E-state index in [2.05, 4.69) is 15.0 Å². The van der Waals surface area contributed by atoms with E-state index in [0.29, 0.717) is 23.5 Å². The number of ether oxygens (including phenoxy) is 1. The molecule has 0 saturated heterocycles. The minimum absolute atomic E-state index is 0.0954. The first kappa shape index (κ1) is 23.1. The van der Waals surface area contributed by atoms with Crippen LogP contribution in [0.5, 0.6) is 5.75 Å². The normalized spacial score (nSPS) is 11.1. The Hall–Kier alpha value is -3.53. The van der Waals surface area contributed by atoms with Crippen LogP contribution in [0.15, 0.2) is 59.8 Å². The van der Waals surface area contributed by atoms with Crippen molar-refractivity contribution in [2.24, 2.45) is 0 Å². The molecular weight excluding hydrogens is 440 g/mol. The predicted octanol–water partition coefficient (Wildman–Crippen LogP) is 3.80. The van der Waals surface area contributed by atoms with Crippen molar-refractivity contribution in [1.29, 1.82) is 0 Å². The summed E-state index contributed by atoms with van der Waals surface area (Å²) in [5, 5.41) is 2.54. The highest BCUT2D eigenvalue weighted by Crippen LogP contribution is 2.28. The zero-order valence-corrected chi connectivity index (χ0v) is 18.2. The fraction of sp³-hybridized carbons (Fsp3) is 0.182. The van der Waals surface area contributed by atoms with Crippen LogP contribution in [-0.2, 0) is 16.6 Å². The summed E-state index contributed by atoms with van der Waals surface area (Å²) < 4.78 is 60.7. The molecule has 0 aliphatic carbocycles. The third-order valence-electron chi connectivity index (χ3n) is 4.49. The topological polar surface area (TPSA) is 97.4 Å². The molecule has 2 N–H and O–H groups in total. The third-order valence-corrected chi connectivity index (χ3v) is 6.06. The molecule has 10 heteroatoms. The van der Waals surface area contributed by atoms with E-state index in [4.69, 9.17) is 4.74 Å². The lowest BCUT2D eigenvalue weighted by Crippen LogP contribution is -2.27. The number of aromatic nitrogens is 1. The van der Waals surface area contributed by atoms with Gasteiger partial charge >= 0.3 is 0 Å². The fourth-order valence-electron chi connectivity index (χ4n) is 3.05. The number of pyridine rings is 1. The summed E-state index contributed by atoms with van der Waals surface area (Å²) in [4.78, 5) is 16.5. The van der Waals surface area contributed by atoms with Gasteiger partial charge in [0.15, 0.2) is 11.6 Å². The Labute approximate surface area is 184 Å². The molecule has 168 valence electrons. The average molecular weight is 461 g/mol. The standard InChI is InChI=1S/C22H21F2N3O4S/c1-3-31-20-9-10-25-13-19(20)27-32(29,30)21-14(2)5-4-6-16(21)22(28)26-12-15-7-8-17(23)18(24)11-15/h4-11,13,27H,3,12H2,1-2H3,(H,26,28). The number of anilines is 1. The summed E-state index contributed by atoms with van der Waals surface area (Å²) >= 11 is 0. The first-order chi connectivity index (χ1) is 15.2. The fourth-order valence-corrected chi connectivity index (χ4v) is 4.54. The van der Waals surface area contributed by atoms with Gasteiger partial charge in [-0.1, -0.05) is 18.2 Å². The lowest BCUT2D eigenvalue weighted by atomic mass is 10.1. The molecule has 3 rings (SSSR count). The van der Waals surface area contributed by atoms with Crippen LogP contribution in [0.4, 0.5) is 14.5 Å². The van der Waals surface area contributed by atoms with Crippen LogP contribution in [0.1, 0.15) is 28.4 Å². The zero-order chi connectivity index (χ0) is 23.3. The highest BCUT2D eigenvalue weighted by molar-refractivity contribution is 7.92. The molecule has 1 aromatic heterocycles. The van der Waals surface area contributed by atoms with Crippen LogP contribution >= 0.6 is 0 Å². The molecule has 0 saturated carbocycles. The van der Waals surface area contributed by atoms with Crippen LogP contribution in [-0.4, -0.2) is 25.9 Å². The molecule has 1 heterocycles. The molecular formula is C22H21F2N3O4S. The van der Waals surface area contributed by atoms with E-state index < -0.39 is 27.6 Å². The Morgan fingerprint density at radius 2 is 1.91 bits per heavy atom. The zero-order valence-electron chi connectivity index (χ0n) is 17.4. The summed E-state index contributed by atoms with van der Waals surface area (Å²) in [6, 6.07) is 9.25. The Kier molecular flexibility index (Phi) is 7.04. The third kappa shape index (κ3) is 5.20. The second-order valence-corrected chi connectivity index (χ2v) is 8.41. The number of rotatable bonds is 8. The number of sulfonamides is 1. The van der Waals surface area contributed by atoms with Crippen molar-refractivity contribution in [2.45, 2.75) is 25.3 Å². The Bertz CT molecular complexity index is 1250. The molecule has 2 aromatic carbocycles. The van der Waals surface area contributed by atoms with Gasteiger partial charge in [-0.3, -0.25) is 14.5 Å². The molecule has 32 heavy (non-hydrogen) atoms. The minimum atomic E-state index is -4.20. The molecule has 0 spiro atoms. The lowest BCUT2D eigenvalue weighted by Gasteiger charge is -2.16. The predicted molar refractivity (Wildman–Crippen MR) is 115 cm³/mol. The quantitative estimate of drug-likeness (QED) is 0.532. The van der Waals surface area contributed by atoms with Gasteiger partial charge in [-0.2, -0.15) is 0 Å². The number of nitrogens with one attached hydrogen (secondary N) is 2. The van der Waals surface area contributed by atoms with Crippen molar-refractivity contribution in [1.82, 2.24) is 10.3 Å². The number of nitrogens with zero attached hydrogens (tertiary/aromatic N) is 1. The van der Waals surface area contributed by atoms with Crippen LogP contribution in [0.2, 0.25) is 0 Å². The maximum absolute atomic E-state index is 13.4. The highest BCUT2D eigenvalue weighted by atomic mass is 32.2. The lowest BCUT2D eigenvalue weighted by molar-refractivity contribution is 0.0947. The first-order valence-electron chi connectivity index (χ1n) is 9.64. The van der Waals surface area contributed by atoms with E-state index in [-0.39, 0.29) is 22.7 Å². The van der Waals surface area contributed by atoms with E-state index in [0.717, 1.165) is 12.1 Å². The molecule has 0 bridgehead atoms. The van der Waals surface area contributed by atoms with Crippen LogP contribution < -0.4 is 14.8 Å². The molecule has 0 aliphatic rings. The van der Waals surface area contributed by atoms with Crippen LogP contribution in [0.25, 0.3) is 0 Å². The SMILES string of the molecule is CCOc1ccncc1NS(=O)(=O)c1c(C)cccc1C(=O)NCc1ccc(F)c(F)c1. The van der Waals surface area contributed by atoms with Gasteiger partial charge in [-0.05, 0) is 43.2 Å². The van der Waals surface area contributed by atoms with Gasteiger partial charge in [-0.15, -0.1) is 0 Å². The van der Waals surface area contributed by atoms with E-state index in [1.165, 1.54) is 30.6 Å². The minimum Gasteiger partial charge on any atom is -0.492 e. The summed E-state index contributed by atoms with van der Waals surface area (Å²) in [5.41, 5.74) is 0.705. The van der Waals surface area contributed by atoms with Gasteiger partial charge in [0.1, 0.15) is 16.3 Å².